The molecule has 0 aliphatic heterocycles. The Bertz CT molecular complexity index is 787. The summed E-state index contributed by atoms with van der Waals surface area (Å²) in [6.07, 6.45) is 0. The summed E-state index contributed by atoms with van der Waals surface area (Å²) in [5.41, 5.74) is 0.593. The van der Waals surface area contributed by atoms with Crippen LogP contribution in [0.4, 0.5) is 5.69 Å². The molecule has 2 amide bonds. The van der Waals surface area contributed by atoms with Gasteiger partial charge in [-0.15, -0.1) is 0 Å². The largest absolute Gasteiger partial charge is 0.345 e. The topological polar surface area (TPSA) is 67.2 Å². The van der Waals surface area contributed by atoms with Crippen molar-refractivity contribution in [2.24, 2.45) is 7.05 Å². The summed E-state index contributed by atoms with van der Waals surface area (Å²) < 4.78 is 1.33. The lowest BCUT2D eigenvalue weighted by molar-refractivity contribution is 0.0828. The maximum atomic E-state index is 12.4. The van der Waals surface area contributed by atoms with E-state index in [1.807, 2.05) is 0 Å². The van der Waals surface area contributed by atoms with E-state index in [4.69, 9.17) is 34.8 Å². The number of nitrogens with one attached hydrogen (secondary N) is 1. The van der Waals surface area contributed by atoms with Gasteiger partial charge < -0.3 is 10.2 Å². The molecule has 0 bridgehead atoms. The second-order valence-electron chi connectivity index (χ2n) is 4.94. The molecular weight excluding hydrogens is 363 g/mol. The number of rotatable bonds is 3. The van der Waals surface area contributed by atoms with E-state index >= 15 is 0 Å². The van der Waals surface area contributed by atoms with Crippen molar-refractivity contribution < 1.29 is 9.59 Å². The zero-order chi connectivity index (χ0) is 17.3. The molecule has 0 saturated heterocycles. The minimum atomic E-state index is -0.496. The summed E-state index contributed by atoms with van der Waals surface area (Å²) in [5, 5.41) is 7.14. The van der Waals surface area contributed by atoms with Gasteiger partial charge in [0.2, 0.25) is 0 Å². The minimum absolute atomic E-state index is 0.157. The summed E-state index contributed by atoms with van der Waals surface area (Å²) in [6, 6.07) is 4.30. The number of aryl methyl sites for hydroxylation is 1. The molecule has 1 N–H and O–H groups in total. The van der Waals surface area contributed by atoms with Crippen LogP contribution in [0, 0.1) is 0 Å². The summed E-state index contributed by atoms with van der Waals surface area (Å²) in [5.74, 6) is -0.836. The molecular formula is C14H13Cl3N4O2. The summed E-state index contributed by atoms with van der Waals surface area (Å²) in [7, 11) is 4.75. The van der Waals surface area contributed by atoms with Gasteiger partial charge in [-0.05, 0) is 12.1 Å². The Morgan fingerprint density at radius 1 is 1.17 bits per heavy atom. The third-order valence-corrected chi connectivity index (χ3v) is 3.71. The van der Waals surface area contributed by atoms with Gasteiger partial charge in [0.1, 0.15) is 5.69 Å². The molecule has 2 aromatic rings. The minimum Gasteiger partial charge on any atom is -0.345 e. The molecule has 1 aromatic carbocycles. The lowest BCUT2D eigenvalue weighted by Crippen LogP contribution is -2.25. The van der Waals surface area contributed by atoms with Crippen molar-refractivity contribution in [2.45, 2.75) is 0 Å². The Hall–Kier alpha value is -1.76. The monoisotopic (exact) mass is 374 g/mol. The van der Waals surface area contributed by atoms with Crippen molar-refractivity contribution in [1.29, 1.82) is 0 Å². The quantitative estimate of drug-likeness (QED) is 0.894. The van der Waals surface area contributed by atoms with Gasteiger partial charge in [0.25, 0.3) is 11.8 Å². The van der Waals surface area contributed by atoms with E-state index < -0.39 is 5.91 Å². The fourth-order valence-electron chi connectivity index (χ4n) is 1.93. The van der Waals surface area contributed by atoms with Crippen molar-refractivity contribution >= 4 is 52.3 Å². The molecule has 9 heteroatoms. The highest BCUT2D eigenvalue weighted by Gasteiger charge is 2.21. The van der Waals surface area contributed by atoms with Crippen LogP contribution in [0.5, 0.6) is 0 Å². The van der Waals surface area contributed by atoms with Crippen LogP contribution >= 0.6 is 34.8 Å². The van der Waals surface area contributed by atoms with Gasteiger partial charge >= 0.3 is 0 Å². The van der Waals surface area contributed by atoms with E-state index in [2.05, 4.69) is 10.4 Å². The van der Waals surface area contributed by atoms with Crippen LogP contribution in [0.15, 0.2) is 18.2 Å². The molecule has 0 aliphatic carbocycles. The molecule has 6 nitrogen and oxygen atoms in total. The van der Waals surface area contributed by atoms with Crippen LogP contribution < -0.4 is 5.32 Å². The smallest absolute Gasteiger partial charge is 0.274 e. The average Bonchev–Trinajstić information content (AvgIpc) is 2.79. The first kappa shape index (κ1) is 17.6. The highest BCUT2D eigenvalue weighted by Crippen LogP contribution is 2.31. The average molecular weight is 376 g/mol. The Balaban J connectivity index is 2.45. The van der Waals surface area contributed by atoms with E-state index in [0.717, 1.165) is 0 Å². The maximum absolute atomic E-state index is 12.4. The number of hydrogen-bond donors (Lipinski definition) is 1. The number of amides is 2. The molecule has 0 spiro atoms. The van der Waals surface area contributed by atoms with Crippen molar-refractivity contribution in [2.75, 3.05) is 19.4 Å². The highest BCUT2D eigenvalue weighted by atomic mass is 35.5. The zero-order valence-electron chi connectivity index (χ0n) is 12.5. The van der Waals surface area contributed by atoms with E-state index in [1.165, 1.54) is 27.8 Å². The summed E-state index contributed by atoms with van der Waals surface area (Å²) in [4.78, 5) is 26.0. The Morgan fingerprint density at radius 2 is 1.83 bits per heavy atom. The van der Waals surface area contributed by atoms with E-state index in [0.29, 0.717) is 5.02 Å². The van der Waals surface area contributed by atoms with Crippen LogP contribution in [0.2, 0.25) is 15.2 Å². The Labute approximate surface area is 147 Å². The van der Waals surface area contributed by atoms with Gasteiger partial charge in [0.15, 0.2) is 5.15 Å². The molecule has 1 heterocycles. The third-order valence-electron chi connectivity index (χ3n) is 3.01. The molecule has 23 heavy (non-hydrogen) atoms. The van der Waals surface area contributed by atoms with Crippen molar-refractivity contribution in [1.82, 2.24) is 14.7 Å². The first-order valence-electron chi connectivity index (χ1n) is 6.42. The van der Waals surface area contributed by atoms with Gasteiger partial charge in [-0.2, -0.15) is 5.10 Å². The van der Waals surface area contributed by atoms with Gasteiger partial charge in [-0.25, -0.2) is 0 Å². The molecule has 0 unspecified atom stereocenters. The maximum Gasteiger partial charge on any atom is 0.274 e. The number of halogens is 3. The fourth-order valence-corrected chi connectivity index (χ4v) is 2.69. The predicted octanol–water partition coefficient (Wildman–Crippen LogP) is 3.33. The number of benzene rings is 1. The Morgan fingerprint density at radius 3 is 2.35 bits per heavy atom. The normalized spacial score (nSPS) is 10.5. The van der Waals surface area contributed by atoms with Crippen LogP contribution in [-0.2, 0) is 7.05 Å². The standard InChI is InChI=1S/C14H13Cl3N4O2/c1-20(2)14(23)8-4-7(15)5-9(16)12(8)18-13(22)10-6-11(17)19-21(10)3/h4-6H,1-3H3,(H,18,22). The van der Waals surface area contributed by atoms with Gasteiger partial charge in [-0.3, -0.25) is 14.3 Å². The second-order valence-corrected chi connectivity index (χ2v) is 6.17. The van der Waals surface area contributed by atoms with Gasteiger partial charge in [0, 0.05) is 32.2 Å². The van der Waals surface area contributed by atoms with Crippen LogP contribution in [0.25, 0.3) is 0 Å². The molecule has 122 valence electrons. The fraction of sp³-hybridized carbons (Fsp3) is 0.214. The summed E-state index contributed by atoms with van der Waals surface area (Å²) in [6.45, 7) is 0. The van der Waals surface area contributed by atoms with E-state index in [9.17, 15) is 9.59 Å². The lowest BCUT2D eigenvalue weighted by atomic mass is 10.1. The number of nitrogens with zero attached hydrogens (tertiary/aromatic N) is 3. The number of anilines is 1. The first-order chi connectivity index (χ1) is 10.7. The Kier molecular flexibility index (Phi) is 5.19. The number of hydrogen-bond acceptors (Lipinski definition) is 3. The van der Waals surface area contributed by atoms with Crippen molar-refractivity contribution in [3.8, 4) is 0 Å². The third kappa shape index (κ3) is 3.77. The van der Waals surface area contributed by atoms with Crippen molar-refractivity contribution in [3.05, 3.63) is 44.7 Å². The van der Waals surface area contributed by atoms with E-state index in [-0.39, 0.29) is 33.0 Å². The number of carbonyl (C=O) groups is 2. The molecule has 1 aromatic heterocycles. The van der Waals surface area contributed by atoms with Crippen LogP contribution in [0.1, 0.15) is 20.8 Å². The van der Waals surface area contributed by atoms with Crippen LogP contribution in [-0.4, -0.2) is 40.6 Å². The number of carbonyl (C=O) groups excluding carboxylic acids is 2. The first-order valence-corrected chi connectivity index (χ1v) is 7.55. The zero-order valence-corrected chi connectivity index (χ0v) is 14.8. The van der Waals surface area contributed by atoms with Gasteiger partial charge in [0.05, 0.1) is 16.3 Å². The lowest BCUT2D eigenvalue weighted by Gasteiger charge is -2.16. The molecule has 0 fully saturated rings. The second kappa shape index (κ2) is 6.78. The van der Waals surface area contributed by atoms with E-state index in [1.54, 1.807) is 21.1 Å². The SMILES string of the molecule is CN(C)C(=O)c1cc(Cl)cc(Cl)c1NC(=O)c1cc(Cl)nn1C. The number of aromatic nitrogens is 2. The molecule has 0 aliphatic rings. The molecule has 0 radical (unpaired) electrons. The van der Waals surface area contributed by atoms with Gasteiger partial charge in [-0.1, -0.05) is 34.8 Å². The van der Waals surface area contributed by atoms with Crippen molar-refractivity contribution in [3.63, 3.8) is 0 Å². The molecule has 0 atom stereocenters. The highest BCUT2D eigenvalue weighted by molar-refractivity contribution is 6.38. The molecule has 2 rings (SSSR count). The van der Waals surface area contributed by atoms with Crippen LogP contribution in [0.3, 0.4) is 0 Å². The predicted molar refractivity (Wildman–Crippen MR) is 90.7 cm³/mol. The molecule has 0 saturated carbocycles. The summed E-state index contributed by atoms with van der Waals surface area (Å²) >= 11 is 17.9.